The molecule has 0 unspecified atom stereocenters. The highest BCUT2D eigenvalue weighted by atomic mass is 35.5. The molecule has 0 aliphatic carbocycles. The summed E-state index contributed by atoms with van der Waals surface area (Å²) in [4.78, 5) is 18.9. The van der Waals surface area contributed by atoms with Gasteiger partial charge in [-0.1, -0.05) is 18.1 Å². The Balaban J connectivity index is 0.00000220. The first-order chi connectivity index (χ1) is 9.66. The fourth-order valence-corrected chi connectivity index (χ4v) is 2.10. The number of benzene rings is 1. The number of aromatic nitrogens is 2. The largest absolute Gasteiger partial charge is 1.00 e. The second kappa shape index (κ2) is 8.42. The van der Waals surface area contributed by atoms with Gasteiger partial charge in [-0.2, -0.15) is 0 Å². The van der Waals surface area contributed by atoms with E-state index in [1.54, 1.807) is 6.33 Å². The van der Waals surface area contributed by atoms with Crippen molar-refractivity contribution in [2.75, 3.05) is 11.9 Å². The average molecular weight is 309 g/mol. The summed E-state index contributed by atoms with van der Waals surface area (Å²) in [6.45, 7) is 2.84. The number of rotatable bonds is 7. The number of aliphatic carboxylic acids is 1. The lowest BCUT2D eigenvalue weighted by Crippen LogP contribution is -3.00. The van der Waals surface area contributed by atoms with Crippen LogP contribution in [0.4, 0.5) is 5.82 Å². The molecule has 1 aromatic carbocycles. The first-order valence-corrected chi connectivity index (χ1v) is 6.84. The molecule has 2 aromatic rings. The Kier molecular flexibility index (Phi) is 6.88. The molecule has 5 nitrogen and oxygen atoms in total. The van der Waals surface area contributed by atoms with Gasteiger partial charge in [0.1, 0.15) is 12.1 Å². The fourth-order valence-electron chi connectivity index (χ4n) is 2.10. The van der Waals surface area contributed by atoms with Gasteiger partial charge in [0.2, 0.25) is 0 Å². The zero-order valence-corrected chi connectivity index (χ0v) is 12.7. The molecular weight excluding hydrogens is 290 g/mol. The van der Waals surface area contributed by atoms with Gasteiger partial charge in [0, 0.05) is 18.4 Å². The van der Waals surface area contributed by atoms with Crippen molar-refractivity contribution in [1.29, 1.82) is 0 Å². The van der Waals surface area contributed by atoms with Gasteiger partial charge in [-0.15, -0.1) is 0 Å². The van der Waals surface area contributed by atoms with Crippen molar-refractivity contribution < 1.29 is 22.3 Å². The summed E-state index contributed by atoms with van der Waals surface area (Å²) in [5, 5.41) is 12.9. The number of carbonyl (C=O) groups is 1. The number of nitrogens with zero attached hydrogens (tertiary/aromatic N) is 2. The molecule has 0 atom stereocenters. The predicted octanol–water partition coefficient (Wildman–Crippen LogP) is -0.000880. The number of nitrogens with one attached hydrogen (secondary N) is 1. The van der Waals surface area contributed by atoms with Crippen molar-refractivity contribution in [3.8, 4) is 0 Å². The van der Waals surface area contributed by atoms with Crippen LogP contribution in [0.15, 0.2) is 24.5 Å². The monoisotopic (exact) mass is 308 g/mol. The van der Waals surface area contributed by atoms with Crippen LogP contribution in [-0.4, -0.2) is 27.6 Å². The van der Waals surface area contributed by atoms with Crippen LogP contribution in [0.2, 0.25) is 0 Å². The lowest BCUT2D eigenvalue weighted by Gasteiger charge is -2.08. The van der Waals surface area contributed by atoms with Gasteiger partial charge < -0.3 is 22.8 Å². The molecule has 1 heterocycles. The number of halogens is 1. The summed E-state index contributed by atoms with van der Waals surface area (Å²) in [6.07, 6.45) is 4.37. The number of carboxylic acids is 1. The van der Waals surface area contributed by atoms with Gasteiger partial charge in [-0.25, -0.2) is 9.97 Å². The Morgan fingerprint density at radius 3 is 2.81 bits per heavy atom. The van der Waals surface area contributed by atoms with E-state index in [0.717, 1.165) is 42.5 Å². The second-order valence-corrected chi connectivity index (χ2v) is 4.87. The number of aryl methyl sites for hydroxylation is 1. The Morgan fingerprint density at radius 2 is 2.05 bits per heavy atom. The molecule has 0 saturated heterocycles. The van der Waals surface area contributed by atoms with E-state index < -0.39 is 5.97 Å². The van der Waals surface area contributed by atoms with Crippen LogP contribution in [0.5, 0.6) is 0 Å². The third kappa shape index (κ3) is 5.19. The van der Waals surface area contributed by atoms with Crippen LogP contribution >= 0.6 is 0 Å². The molecule has 0 aliphatic rings. The molecule has 0 spiro atoms. The zero-order valence-electron chi connectivity index (χ0n) is 12.0. The quantitative estimate of drug-likeness (QED) is 0.704. The normalized spacial score (nSPS) is 10.1. The van der Waals surface area contributed by atoms with Gasteiger partial charge in [0.15, 0.2) is 0 Å². The molecule has 6 heteroatoms. The lowest BCUT2D eigenvalue weighted by atomic mass is 10.1. The van der Waals surface area contributed by atoms with E-state index in [-0.39, 0.29) is 18.8 Å². The summed E-state index contributed by atoms with van der Waals surface area (Å²) in [5.74, 6) is 0.118. The van der Waals surface area contributed by atoms with Crippen LogP contribution in [-0.2, 0) is 4.79 Å². The van der Waals surface area contributed by atoms with Crippen molar-refractivity contribution >= 4 is 22.7 Å². The minimum Gasteiger partial charge on any atom is -1.00 e. The molecule has 114 valence electrons. The van der Waals surface area contributed by atoms with E-state index in [0.29, 0.717) is 0 Å². The smallest absolute Gasteiger partial charge is 0.303 e. The number of hydrogen-bond acceptors (Lipinski definition) is 4. The van der Waals surface area contributed by atoms with Crippen LogP contribution < -0.4 is 17.7 Å². The molecule has 21 heavy (non-hydrogen) atoms. The Morgan fingerprint density at radius 1 is 1.24 bits per heavy atom. The number of hydrogen-bond donors (Lipinski definition) is 2. The summed E-state index contributed by atoms with van der Waals surface area (Å²) in [5.41, 5.74) is 2.11. The van der Waals surface area contributed by atoms with Crippen LogP contribution in [0.3, 0.4) is 0 Å². The van der Waals surface area contributed by atoms with Crippen molar-refractivity contribution in [1.82, 2.24) is 9.97 Å². The van der Waals surface area contributed by atoms with Gasteiger partial charge in [-0.05, 0) is 31.9 Å². The number of unbranched alkanes of at least 4 members (excludes halogenated alkanes) is 2. The van der Waals surface area contributed by atoms with Crippen LogP contribution in [0.25, 0.3) is 10.9 Å². The molecule has 0 radical (unpaired) electrons. The highest BCUT2D eigenvalue weighted by Crippen LogP contribution is 2.20. The molecule has 0 bridgehead atoms. The van der Waals surface area contributed by atoms with E-state index in [1.165, 1.54) is 5.56 Å². The van der Waals surface area contributed by atoms with E-state index in [9.17, 15) is 4.79 Å². The predicted molar refractivity (Wildman–Crippen MR) is 78.9 cm³/mol. The number of fused-ring (bicyclic) bond motifs is 1. The SMILES string of the molecule is Cc1ccc2ncnc(NCCCCCC(=O)O)c2c1.[Cl-]. The average Bonchev–Trinajstić information content (AvgIpc) is 2.42. The summed E-state index contributed by atoms with van der Waals surface area (Å²) < 4.78 is 0. The van der Waals surface area contributed by atoms with Crippen molar-refractivity contribution in [3.05, 3.63) is 30.1 Å². The molecule has 0 amide bonds. The maximum absolute atomic E-state index is 10.4. The molecule has 1 aromatic heterocycles. The summed E-state index contributed by atoms with van der Waals surface area (Å²) in [7, 11) is 0. The standard InChI is InChI=1S/C15H19N3O2.ClH/c1-11-6-7-13-12(9-11)15(18-10-17-13)16-8-4-2-3-5-14(19)20;/h6-7,9-10H,2-5,8H2,1H3,(H,19,20)(H,16,17,18);1H/p-1. The van der Waals surface area contributed by atoms with Crippen molar-refractivity contribution in [2.45, 2.75) is 32.6 Å². The third-order valence-corrected chi connectivity index (χ3v) is 3.15. The Labute approximate surface area is 130 Å². The first-order valence-electron chi connectivity index (χ1n) is 6.84. The second-order valence-electron chi connectivity index (χ2n) is 4.87. The Hall–Kier alpha value is -1.88. The van der Waals surface area contributed by atoms with E-state index in [2.05, 4.69) is 21.4 Å². The minimum atomic E-state index is -0.727. The van der Waals surface area contributed by atoms with Crippen molar-refractivity contribution in [2.24, 2.45) is 0 Å². The number of anilines is 1. The highest BCUT2D eigenvalue weighted by Gasteiger charge is 2.03. The minimum absolute atomic E-state index is 0. The molecule has 0 saturated carbocycles. The molecule has 2 N–H and O–H groups in total. The zero-order chi connectivity index (χ0) is 14.4. The third-order valence-electron chi connectivity index (χ3n) is 3.15. The molecule has 2 rings (SSSR count). The maximum atomic E-state index is 10.4. The van der Waals surface area contributed by atoms with Crippen LogP contribution in [0.1, 0.15) is 31.2 Å². The summed E-state index contributed by atoms with van der Waals surface area (Å²) in [6, 6.07) is 6.09. The van der Waals surface area contributed by atoms with Gasteiger partial charge in [-0.3, -0.25) is 4.79 Å². The topological polar surface area (TPSA) is 75.1 Å². The lowest BCUT2D eigenvalue weighted by molar-refractivity contribution is -0.137. The maximum Gasteiger partial charge on any atom is 0.303 e. The molecule has 0 aliphatic heterocycles. The van der Waals surface area contributed by atoms with Gasteiger partial charge >= 0.3 is 5.97 Å². The van der Waals surface area contributed by atoms with E-state index in [4.69, 9.17) is 5.11 Å². The number of carboxylic acid groups (broad SMARTS) is 1. The van der Waals surface area contributed by atoms with Crippen molar-refractivity contribution in [3.63, 3.8) is 0 Å². The highest BCUT2D eigenvalue weighted by molar-refractivity contribution is 5.89. The van der Waals surface area contributed by atoms with Gasteiger partial charge in [0.25, 0.3) is 0 Å². The first kappa shape index (κ1) is 17.2. The fraction of sp³-hybridized carbons (Fsp3) is 0.400. The molecule has 0 fully saturated rings. The van der Waals surface area contributed by atoms with Gasteiger partial charge in [0.05, 0.1) is 5.52 Å². The summed E-state index contributed by atoms with van der Waals surface area (Å²) >= 11 is 0. The molecular formula is C15H19ClN3O2-. The van der Waals surface area contributed by atoms with E-state index in [1.807, 2.05) is 19.1 Å². The van der Waals surface area contributed by atoms with Crippen LogP contribution in [0, 0.1) is 6.92 Å². The van der Waals surface area contributed by atoms with E-state index >= 15 is 0 Å². The Bertz CT molecular complexity index is 604.